The third-order valence-electron chi connectivity index (χ3n) is 6.48. The van der Waals surface area contributed by atoms with Crippen LogP contribution in [0.5, 0.6) is 11.5 Å². The molecule has 1 aliphatic rings. The van der Waals surface area contributed by atoms with Gasteiger partial charge >= 0.3 is 0 Å². The maximum atomic E-state index is 7.85. The number of benzene rings is 1. The minimum Gasteiger partial charge on any atom is -0.496 e. The lowest BCUT2D eigenvalue weighted by Crippen LogP contribution is -2.27. The third kappa shape index (κ3) is 5.61. The van der Waals surface area contributed by atoms with E-state index in [1.165, 1.54) is 51.4 Å². The number of amidine groups is 1. The van der Waals surface area contributed by atoms with E-state index < -0.39 is 5.41 Å². The van der Waals surface area contributed by atoms with Gasteiger partial charge in [0.05, 0.1) is 19.8 Å². The number of aryl methyl sites for hydroxylation is 1. The monoisotopic (exact) mass is 442 g/mol. The van der Waals surface area contributed by atoms with Gasteiger partial charge in [0.25, 0.3) is 5.89 Å². The van der Waals surface area contributed by atoms with Gasteiger partial charge < -0.3 is 19.6 Å². The molecule has 0 saturated heterocycles. The van der Waals surface area contributed by atoms with Crippen molar-refractivity contribution in [1.29, 1.82) is 5.41 Å². The van der Waals surface area contributed by atoms with Crippen LogP contribution in [0.4, 0.5) is 0 Å². The van der Waals surface area contributed by atoms with Gasteiger partial charge in [-0.2, -0.15) is 0 Å². The lowest BCUT2D eigenvalue weighted by molar-refractivity contribution is 0.390. The molecule has 176 valence electrons. The molecule has 1 heterocycles. The van der Waals surface area contributed by atoms with Crippen molar-refractivity contribution in [1.82, 2.24) is 10.2 Å². The van der Waals surface area contributed by atoms with Crippen molar-refractivity contribution in [3.63, 3.8) is 0 Å². The smallest absolute Gasteiger partial charge is 0.251 e. The highest BCUT2D eigenvalue weighted by atomic mass is 16.5. The molecule has 1 aromatic carbocycles. The largest absolute Gasteiger partial charge is 0.496 e. The van der Waals surface area contributed by atoms with E-state index in [4.69, 9.17) is 25.0 Å². The molecule has 7 heteroatoms. The highest BCUT2D eigenvalue weighted by Gasteiger charge is 2.52. The Morgan fingerprint density at radius 2 is 1.59 bits per heavy atom. The van der Waals surface area contributed by atoms with Gasteiger partial charge in [-0.05, 0) is 37.3 Å². The fourth-order valence-corrected chi connectivity index (χ4v) is 4.20. The van der Waals surface area contributed by atoms with Crippen molar-refractivity contribution in [3.8, 4) is 23.0 Å². The van der Waals surface area contributed by atoms with Crippen molar-refractivity contribution >= 4 is 5.84 Å². The lowest BCUT2D eigenvalue weighted by Gasteiger charge is -2.13. The molecule has 0 bridgehead atoms. The molecule has 3 N–H and O–H groups in total. The molecule has 0 radical (unpaired) electrons. The van der Waals surface area contributed by atoms with Gasteiger partial charge in [0.1, 0.15) is 22.7 Å². The van der Waals surface area contributed by atoms with Crippen molar-refractivity contribution in [2.75, 3.05) is 14.2 Å². The zero-order valence-corrected chi connectivity index (χ0v) is 19.8. The number of hydrogen-bond donors (Lipinski definition) is 2. The number of nitrogens with two attached hydrogens (primary N) is 1. The van der Waals surface area contributed by atoms with Crippen LogP contribution in [0.25, 0.3) is 11.5 Å². The van der Waals surface area contributed by atoms with E-state index in [1.54, 1.807) is 14.2 Å². The predicted molar refractivity (Wildman–Crippen MR) is 127 cm³/mol. The summed E-state index contributed by atoms with van der Waals surface area (Å²) in [5.74, 6) is 2.33. The molecule has 7 nitrogen and oxygen atoms in total. The SMILES string of the molecule is CCCCCCCCCCCc1cc(-c2nnc(C3(C(=N)N)CC3)o2)c(OC)cc1OC. The first-order chi connectivity index (χ1) is 15.6. The van der Waals surface area contributed by atoms with Gasteiger partial charge in [-0.15, -0.1) is 10.2 Å². The second-order valence-corrected chi connectivity index (χ2v) is 8.85. The first kappa shape index (κ1) is 24.1. The molecule has 1 saturated carbocycles. The second-order valence-electron chi connectivity index (χ2n) is 8.85. The second kappa shape index (κ2) is 11.3. The lowest BCUT2D eigenvalue weighted by atomic mass is 10.0. The summed E-state index contributed by atoms with van der Waals surface area (Å²) in [4.78, 5) is 0. The van der Waals surface area contributed by atoms with E-state index in [0.717, 1.165) is 42.6 Å². The molecule has 32 heavy (non-hydrogen) atoms. The van der Waals surface area contributed by atoms with Gasteiger partial charge in [0, 0.05) is 6.07 Å². The topological polar surface area (TPSA) is 107 Å². The molecular formula is C25H38N4O3. The molecular weight excluding hydrogens is 404 g/mol. The average Bonchev–Trinajstić information content (AvgIpc) is 3.48. The number of nitrogens with one attached hydrogen (secondary N) is 1. The summed E-state index contributed by atoms with van der Waals surface area (Å²) in [6.45, 7) is 2.26. The fraction of sp³-hybridized carbons (Fsp3) is 0.640. The molecule has 0 unspecified atom stereocenters. The third-order valence-corrected chi connectivity index (χ3v) is 6.48. The number of ether oxygens (including phenoxy) is 2. The number of hydrogen-bond acceptors (Lipinski definition) is 6. The zero-order valence-electron chi connectivity index (χ0n) is 19.8. The quantitative estimate of drug-likeness (QED) is 0.205. The van der Waals surface area contributed by atoms with Gasteiger partial charge in [-0.3, -0.25) is 5.41 Å². The van der Waals surface area contributed by atoms with Crippen LogP contribution < -0.4 is 15.2 Å². The zero-order chi connectivity index (χ0) is 23.0. The maximum Gasteiger partial charge on any atom is 0.251 e. The molecule has 0 aliphatic heterocycles. The number of aromatic nitrogens is 2. The summed E-state index contributed by atoms with van der Waals surface area (Å²) in [6, 6.07) is 3.92. The minimum atomic E-state index is -0.579. The van der Waals surface area contributed by atoms with Gasteiger partial charge in [-0.25, -0.2) is 0 Å². The van der Waals surface area contributed by atoms with Crippen LogP contribution >= 0.6 is 0 Å². The fourth-order valence-electron chi connectivity index (χ4n) is 4.20. The van der Waals surface area contributed by atoms with Crippen LogP contribution in [-0.4, -0.2) is 30.3 Å². The normalized spacial score (nSPS) is 14.3. The molecule has 0 amide bonds. The molecule has 1 aromatic heterocycles. The molecule has 3 rings (SSSR count). The summed E-state index contributed by atoms with van der Waals surface area (Å²) < 4.78 is 17.2. The standard InChI is InChI=1S/C25H38N4O3/c1-4-5-6-7-8-9-10-11-12-13-18-16-19(21(31-3)17-20(18)30-2)22-28-29-24(32-22)25(14-15-25)23(26)27/h16-17H,4-15H2,1-3H3,(H3,26,27). The van der Waals surface area contributed by atoms with Crippen molar-refractivity contribution in [2.24, 2.45) is 5.73 Å². The van der Waals surface area contributed by atoms with Crippen molar-refractivity contribution < 1.29 is 13.9 Å². The highest BCUT2D eigenvalue weighted by molar-refractivity contribution is 5.91. The molecule has 0 spiro atoms. The van der Waals surface area contributed by atoms with Crippen LogP contribution in [0.15, 0.2) is 16.5 Å². The van der Waals surface area contributed by atoms with E-state index in [0.29, 0.717) is 17.5 Å². The average molecular weight is 443 g/mol. The Hall–Kier alpha value is -2.57. The van der Waals surface area contributed by atoms with E-state index in [2.05, 4.69) is 17.1 Å². The van der Waals surface area contributed by atoms with Gasteiger partial charge in [0.15, 0.2) is 0 Å². The first-order valence-corrected chi connectivity index (χ1v) is 12.0. The van der Waals surface area contributed by atoms with E-state index in [1.807, 2.05) is 12.1 Å². The van der Waals surface area contributed by atoms with Crippen LogP contribution in [-0.2, 0) is 11.8 Å². The Kier molecular flexibility index (Phi) is 8.53. The Balaban J connectivity index is 1.65. The molecule has 1 fully saturated rings. The Bertz CT molecular complexity index is 889. The van der Waals surface area contributed by atoms with Crippen molar-refractivity contribution in [2.45, 2.75) is 89.4 Å². The van der Waals surface area contributed by atoms with Crippen LogP contribution in [0, 0.1) is 5.41 Å². The van der Waals surface area contributed by atoms with Crippen LogP contribution in [0.1, 0.15) is 89.0 Å². The summed E-state index contributed by atoms with van der Waals surface area (Å²) in [5.41, 5.74) is 7.04. The van der Waals surface area contributed by atoms with Gasteiger partial charge in [0.2, 0.25) is 5.89 Å². The molecule has 1 aliphatic carbocycles. The predicted octanol–water partition coefficient (Wildman–Crippen LogP) is 5.79. The van der Waals surface area contributed by atoms with E-state index >= 15 is 0 Å². The summed E-state index contributed by atoms with van der Waals surface area (Å²) in [5, 5.41) is 16.3. The summed E-state index contributed by atoms with van der Waals surface area (Å²) in [7, 11) is 3.30. The van der Waals surface area contributed by atoms with E-state index in [9.17, 15) is 0 Å². The van der Waals surface area contributed by atoms with Gasteiger partial charge in [-0.1, -0.05) is 58.3 Å². The maximum absolute atomic E-state index is 7.85. The van der Waals surface area contributed by atoms with E-state index in [-0.39, 0.29) is 5.84 Å². The number of unbranched alkanes of at least 4 members (excludes halogenated alkanes) is 8. The Morgan fingerprint density at radius 3 is 2.16 bits per heavy atom. The molecule has 0 atom stereocenters. The van der Waals surface area contributed by atoms with Crippen molar-refractivity contribution in [3.05, 3.63) is 23.6 Å². The van der Waals surface area contributed by atoms with Crippen LogP contribution in [0.3, 0.4) is 0 Å². The number of rotatable bonds is 15. The van der Waals surface area contributed by atoms with Crippen LogP contribution in [0.2, 0.25) is 0 Å². The molecule has 2 aromatic rings. The number of nitrogens with zero attached hydrogens (tertiary/aromatic N) is 2. The summed E-state index contributed by atoms with van der Waals surface area (Å²) >= 11 is 0. The highest BCUT2D eigenvalue weighted by Crippen LogP contribution is 2.48. The Labute approximate surface area is 191 Å². The Morgan fingerprint density at radius 1 is 0.969 bits per heavy atom. The number of methoxy groups -OCH3 is 2. The summed E-state index contributed by atoms with van der Waals surface area (Å²) in [6.07, 6.45) is 14.1. The first-order valence-electron chi connectivity index (χ1n) is 12.0. The minimum absolute atomic E-state index is 0.0837.